The molecule has 2 aliphatic rings. The van der Waals surface area contributed by atoms with Gasteiger partial charge in [-0.15, -0.1) is 0 Å². The van der Waals surface area contributed by atoms with Crippen LogP contribution in [0.5, 0.6) is 0 Å². The highest BCUT2D eigenvalue weighted by Gasteiger charge is 2.39. The maximum atomic E-state index is 13.8. The molecule has 0 spiro atoms. The summed E-state index contributed by atoms with van der Waals surface area (Å²) in [6, 6.07) is 14.9. The minimum Gasteiger partial charge on any atom is -0.272 e. The molecule has 0 aliphatic carbocycles. The molecule has 2 atom stereocenters. The van der Waals surface area contributed by atoms with E-state index in [4.69, 9.17) is 0 Å². The molecule has 5 aromatic rings. The number of benzene rings is 5. The second kappa shape index (κ2) is 9.62. The topological polar surface area (TPSA) is 74.8 Å². The van der Waals surface area contributed by atoms with Gasteiger partial charge in [-0.1, -0.05) is 63.8 Å². The van der Waals surface area contributed by atoms with Gasteiger partial charge in [0.1, 0.15) is 0 Å². The van der Waals surface area contributed by atoms with Crippen LogP contribution in [0.15, 0.2) is 48.5 Å². The highest BCUT2D eigenvalue weighted by molar-refractivity contribution is 6.41. The number of carbonyl (C=O) groups is 4. The fraction of sp³-hybridized carbons (Fsp3) is 0.333. The van der Waals surface area contributed by atoms with Gasteiger partial charge in [0.05, 0.1) is 0 Å². The van der Waals surface area contributed by atoms with E-state index in [2.05, 4.69) is 13.8 Å². The van der Waals surface area contributed by atoms with E-state index in [1.807, 2.05) is 62.4 Å². The first-order chi connectivity index (χ1) is 20.3. The number of amides is 4. The summed E-state index contributed by atoms with van der Waals surface area (Å²) >= 11 is 0. The largest absolute Gasteiger partial charge is 0.272 e. The lowest BCUT2D eigenvalue weighted by molar-refractivity contribution is 0.0527. The van der Waals surface area contributed by atoms with E-state index in [0.29, 0.717) is 33.0 Å². The first-order valence-electron chi connectivity index (χ1n) is 15.3. The van der Waals surface area contributed by atoms with Crippen LogP contribution in [0.4, 0.5) is 0 Å². The average molecular weight is 559 g/mol. The molecule has 212 valence electrons. The lowest BCUT2D eigenvalue weighted by Crippen LogP contribution is -2.46. The van der Waals surface area contributed by atoms with Gasteiger partial charge in [0.25, 0.3) is 23.6 Å². The molecule has 2 aliphatic heterocycles. The molecule has 0 N–H and O–H groups in total. The van der Waals surface area contributed by atoms with Crippen molar-refractivity contribution in [2.24, 2.45) is 0 Å². The summed E-state index contributed by atoms with van der Waals surface area (Å²) in [4.78, 5) is 57.9. The fourth-order valence-electron chi connectivity index (χ4n) is 7.36. The Morgan fingerprint density at radius 1 is 0.476 bits per heavy atom. The lowest BCUT2D eigenvalue weighted by Gasteiger charge is -2.33. The Bertz CT molecular complexity index is 1730. The molecular weight excluding hydrogens is 524 g/mol. The van der Waals surface area contributed by atoms with Crippen molar-refractivity contribution in [2.75, 3.05) is 0 Å². The number of unbranched alkanes of at least 4 members (excludes halogenated alkanes) is 2. The van der Waals surface area contributed by atoms with Crippen LogP contribution in [0, 0.1) is 0 Å². The van der Waals surface area contributed by atoms with Crippen LogP contribution in [0.2, 0.25) is 0 Å². The van der Waals surface area contributed by atoms with Crippen molar-refractivity contribution in [3.05, 3.63) is 70.8 Å². The number of nitrogens with zero attached hydrogens (tertiary/aromatic N) is 2. The summed E-state index contributed by atoms with van der Waals surface area (Å²) in [6.45, 7) is 8.11. The molecule has 2 heterocycles. The van der Waals surface area contributed by atoms with Crippen molar-refractivity contribution < 1.29 is 19.2 Å². The van der Waals surface area contributed by atoms with Gasteiger partial charge in [-0.05, 0) is 83.3 Å². The standard InChI is InChI=1S/C36H34N2O4/c1-5-7-9-19(3)37-33(39)25-15-11-21-23-13-17-27-32-28(36(42)38(35(27)41)20(4)10-8-6-2)18-14-24(30(23)32)22-12-16-26(34(37)40)31(25)29(21)22/h11-20H,5-10H2,1-4H3. The fourth-order valence-corrected chi connectivity index (χ4v) is 7.36. The summed E-state index contributed by atoms with van der Waals surface area (Å²) in [5.74, 6) is -0.984. The molecule has 0 aromatic heterocycles. The number of hydrogen-bond donors (Lipinski definition) is 0. The molecule has 0 radical (unpaired) electrons. The van der Waals surface area contributed by atoms with Crippen molar-refractivity contribution >= 4 is 66.7 Å². The van der Waals surface area contributed by atoms with Crippen LogP contribution >= 0.6 is 0 Å². The Morgan fingerprint density at radius 3 is 1.02 bits per heavy atom. The van der Waals surface area contributed by atoms with Crippen LogP contribution in [-0.2, 0) is 0 Å². The van der Waals surface area contributed by atoms with Gasteiger partial charge in [-0.25, -0.2) is 0 Å². The SMILES string of the molecule is CCCCC(C)N1C(=O)c2ccc3c4ccc5c6c(ccc(c7ccc(c2c37)C1=O)c64)C(=O)N(C(C)CCCC)C5=O. The van der Waals surface area contributed by atoms with Crippen LogP contribution < -0.4 is 0 Å². The molecule has 6 heteroatoms. The summed E-state index contributed by atoms with van der Waals surface area (Å²) < 4.78 is 0. The van der Waals surface area contributed by atoms with E-state index in [-0.39, 0.29) is 35.7 Å². The van der Waals surface area contributed by atoms with Crippen LogP contribution in [0.1, 0.15) is 108 Å². The Hall–Kier alpha value is -4.32. The van der Waals surface area contributed by atoms with E-state index in [0.717, 1.165) is 70.8 Å². The van der Waals surface area contributed by atoms with E-state index in [1.165, 1.54) is 9.80 Å². The average Bonchev–Trinajstić information content (AvgIpc) is 2.99. The first-order valence-corrected chi connectivity index (χ1v) is 15.3. The van der Waals surface area contributed by atoms with Gasteiger partial charge in [-0.2, -0.15) is 0 Å². The van der Waals surface area contributed by atoms with Crippen LogP contribution in [0.25, 0.3) is 43.1 Å². The van der Waals surface area contributed by atoms with Crippen molar-refractivity contribution in [1.29, 1.82) is 0 Å². The first kappa shape index (κ1) is 26.6. The molecule has 0 saturated carbocycles. The lowest BCUT2D eigenvalue weighted by atomic mass is 9.82. The molecule has 0 fully saturated rings. The monoisotopic (exact) mass is 558 g/mol. The molecule has 2 unspecified atom stereocenters. The van der Waals surface area contributed by atoms with E-state index in [1.54, 1.807) is 0 Å². The molecule has 7 rings (SSSR count). The predicted octanol–water partition coefficient (Wildman–Crippen LogP) is 8.09. The number of hydrogen-bond acceptors (Lipinski definition) is 4. The van der Waals surface area contributed by atoms with Gasteiger partial charge in [-0.3, -0.25) is 29.0 Å². The quantitative estimate of drug-likeness (QED) is 0.110. The third-order valence-corrected chi connectivity index (χ3v) is 9.53. The summed E-state index contributed by atoms with van der Waals surface area (Å²) in [6.07, 6.45) is 5.44. The Labute approximate surface area is 244 Å². The molecule has 42 heavy (non-hydrogen) atoms. The van der Waals surface area contributed by atoms with E-state index in [9.17, 15) is 19.2 Å². The predicted molar refractivity (Wildman–Crippen MR) is 167 cm³/mol. The number of rotatable bonds is 8. The third-order valence-electron chi connectivity index (χ3n) is 9.53. The third kappa shape index (κ3) is 3.44. The zero-order chi connectivity index (χ0) is 29.4. The van der Waals surface area contributed by atoms with Gasteiger partial charge in [0.15, 0.2) is 0 Å². The minimum atomic E-state index is -0.246. The second-order valence-electron chi connectivity index (χ2n) is 12.1. The van der Waals surface area contributed by atoms with Gasteiger partial charge in [0.2, 0.25) is 0 Å². The summed E-state index contributed by atoms with van der Waals surface area (Å²) in [7, 11) is 0. The zero-order valence-corrected chi connectivity index (χ0v) is 24.5. The normalized spacial score (nSPS) is 16.6. The summed E-state index contributed by atoms with van der Waals surface area (Å²) in [5.41, 5.74) is 2.18. The van der Waals surface area contributed by atoms with E-state index >= 15 is 0 Å². The van der Waals surface area contributed by atoms with Crippen molar-refractivity contribution in [3.8, 4) is 0 Å². The molecule has 6 nitrogen and oxygen atoms in total. The number of imide groups is 2. The molecule has 0 bridgehead atoms. The smallest absolute Gasteiger partial charge is 0.261 e. The van der Waals surface area contributed by atoms with Crippen molar-refractivity contribution in [1.82, 2.24) is 9.80 Å². The van der Waals surface area contributed by atoms with Crippen LogP contribution in [-0.4, -0.2) is 45.5 Å². The molecule has 0 saturated heterocycles. The minimum absolute atomic E-state index is 0.184. The highest BCUT2D eigenvalue weighted by atomic mass is 16.2. The Kier molecular flexibility index (Phi) is 6.08. The van der Waals surface area contributed by atoms with Gasteiger partial charge >= 0.3 is 0 Å². The van der Waals surface area contributed by atoms with Crippen LogP contribution in [0.3, 0.4) is 0 Å². The molecular formula is C36H34N2O4. The molecule has 5 aromatic carbocycles. The van der Waals surface area contributed by atoms with Gasteiger partial charge in [0, 0.05) is 45.1 Å². The zero-order valence-electron chi connectivity index (χ0n) is 24.5. The number of carbonyl (C=O) groups excluding carboxylic acids is 4. The Morgan fingerprint density at radius 2 is 0.762 bits per heavy atom. The Balaban J connectivity index is 1.47. The maximum Gasteiger partial charge on any atom is 0.261 e. The van der Waals surface area contributed by atoms with Crippen molar-refractivity contribution in [3.63, 3.8) is 0 Å². The van der Waals surface area contributed by atoms with E-state index < -0.39 is 0 Å². The highest BCUT2D eigenvalue weighted by Crippen LogP contribution is 2.46. The maximum absolute atomic E-state index is 13.8. The molecule has 4 amide bonds. The van der Waals surface area contributed by atoms with Gasteiger partial charge < -0.3 is 0 Å². The second-order valence-corrected chi connectivity index (χ2v) is 12.1. The summed E-state index contributed by atoms with van der Waals surface area (Å²) in [5, 5.41) is 6.80. The number of fused-ring (bicyclic) bond motifs is 2. The van der Waals surface area contributed by atoms with Crippen molar-refractivity contribution in [2.45, 2.75) is 78.3 Å².